The third kappa shape index (κ3) is 57.0. The van der Waals surface area contributed by atoms with E-state index in [1.807, 2.05) is 39.8 Å². The topological polar surface area (TPSA) is 46.2 Å². The van der Waals surface area contributed by atoms with E-state index >= 15 is 0 Å². The van der Waals surface area contributed by atoms with E-state index in [0.717, 1.165) is 0 Å². The molecular weight excluding hydrogens is 166 g/mol. The highest BCUT2D eigenvalue weighted by atomic mass is 16.1. The van der Waals surface area contributed by atoms with Gasteiger partial charge in [0.1, 0.15) is 5.78 Å². The van der Waals surface area contributed by atoms with Crippen molar-refractivity contribution in [1.82, 2.24) is 5.32 Å². The van der Waals surface area contributed by atoms with Crippen molar-refractivity contribution in [3.8, 4) is 0 Å². The minimum atomic E-state index is -0.0351. The molecule has 0 aliphatic rings. The second-order valence-corrected chi connectivity index (χ2v) is 1.87. The normalized spacial score (nSPS) is 7.46. The summed E-state index contributed by atoms with van der Waals surface area (Å²) >= 11 is 0. The third-order valence-corrected chi connectivity index (χ3v) is 0.768. The lowest BCUT2D eigenvalue weighted by atomic mass is 10.5. The van der Waals surface area contributed by atoms with Crippen LogP contribution in [-0.4, -0.2) is 18.7 Å². The summed E-state index contributed by atoms with van der Waals surface area (Å²) in [4.78, 5) is 19.4. The van der Waals surface area contributed by atoms with Gasteiger partial charge in [0.15, 0.2) is 0 Å². The zero-order valence-corrected chi connectivity index (χ0v) is 9.26. The van der Waals surface area contributed by atoms with Gasteiger partial charge in [-0.2, -0.15) is 0 Å². The number of allylic oxidation sites excluding steroid dienone is 2. The predicted molar refractivity (Wildman–Crippen MR) is 56.6 cm³/mol. The molecule has 1 N–H and O–H groups in total. The maximum atomic E-state index is 9.98. The fourth-order valence-electron chi connectivity index (χ4n) is 0.185. The highest BCUT2D eigenvalue weighted by molar-refractivity contribution is 5.79. The van der Waals surface area contributed by atoms with Crippen LogP contribution in [-0.2, 0) is 9.59 Å². The molecule has 0 heterocycles. The Labute approximate surface area is 81.2 Å². The highest BCUT2D eigenvalue weighted by Crippen LogP contribution is 1.58. The van der Waals surface area contributed by atoms with Gasteiger partial charge in [-0.3, -0.25) is 9.59 Å². The van der Waals surface area contributed by atoms with Gasteiger partial charge in [-0.1, -0.05) is 26.0 Å². The van der Waals surface area contributed by atoms with Crippen LogP contribution in [0.1, 0.15) is 34.6 Å². The van der Waals surface area contributed by atoms with Crippen LogP contribution in [0.3, 0.4) is 0 Å². The molecule has 0 saturated heterocycles. The average Bonchev–Trinajstić information content (AvgIpc) is 2.18. The van der Waals surface area contributed by atoms with Crippen molar-refractivity contribution in [1.29, 1.82) is 0 Å². The first-order chi connectivity index (χ1) is 6.18. The van der Waals surface area contributed by atoms with Gasteiger partial charge in [-0.05, 0) is 20.8 Å². The molecule has 0 fully saturated rings. The monoisotopic (exact) mass is 187 g/mol. The van der Waals surface area contributed by atoms with Crippen molar-refractivity contribution in [3.63, 3.8) is 0 Å². The predicted octanol–water partition coefficient (Wildman–Crippen LogP) is 1.93. The van der Waals surface area contributed by atoms with Crippen LogP contribution < -0.4 is 5.32 Å². The first-order valence-electron chi connectivity index (χ1n) is 4.42. The van der Waals surface area contributed by atoms with Crippen LogP contribution in [0.4, 0.5) is 0 Å². The molecule has 0 spiro atoms. The Bertz CT molecular complexity index is 127. The molecule has 0 bridgehead atoms. The lowest BCUT2D eigenvalue weighted by molar-refractivity contribution is -0.118. The van der Waals surface area contributed by atoms with Crippen molar-refractivity contribution >= 4 is 12.2 Å². The number of ketones is 1. The molecular formula is C10H21NO2. The Morgan fingerprint density at radius 1 is 1.23 bits per heavy atom. The van der Waals surface area contributed by atoms with Gasteiger partial charge >= 0.3 is 0 Å². The maximum absolute atomic E-state index is 9.98. The standard InChI is InChI=1S/C4H7NO2.C4H8.C2H6/c1-4(7)2-5-3-6;1-3-4-2;1-2/h3H,2H2,1H3,(H,5,6);3-4H,1-2H3;1-2H3/b;4-3-;. The van der Waals surface area contributed by atoms with Crippen LogP contribution in [0.5, 0.6) is 0 Å². The second kappa shape index (κ2) is 22.4. The molecule has 13 heavy (non-hydrogen) atoms. The highest BCUT2D eigenvalue weighted by Gasteiger charge is 1.84. The van der Waals surface area contributed by atoms with Gasteiger partial charge in [-0.25, -0.2) is 0 Å². The number of hydrogen-bond donors (Lipinski definition) is 1. The van der Waals surface area contributed by atoms with Crippen molar-refractivity contribution in [2.75, 3.05) is 6.54 Å². The van der Waals surface area contributed by atoms with E-state index in [2.05, 4.69) is 5.32 Å². The van der Waals surface area contributed by atoms with E-state index in [4.69, 9.17) is 0 Å². The molecule has 0 aromatic heterocycles. The molecule has 3 nitrogen and oxygen atoms in total. The van der Waals surface area contributed by atoms with Crippen LogP contribution in [0.2, 0.25) is 0 Å². The van der Waals surface area contributed by atoms with E-state index < -0.39 is 0 Å². The number of carbonyl (C=O) groups is 2. The zero-order valence-electron chi connectivity index (χ0n) is 9.26. The molecule has 0 rings (SSSR count). The van der Waals surface area contributed by atoms with E-state index in [0.29, 0.717) is 6.41 Å². The Morgan fingerprint density at radius 3 is 1.69 bits per heavy atom. The molecule has 0 saturated carbocycles. The van der Waals surface area contributed by atoms with Gasteiger partial charge in [0.05, 0.1) is 6.54 Å². The molecule has 0 aromatic carbocycles. The number of carbonyl (C=O) groups excluding carboxylic acids is 2. The van der Waals surface area contributed by atoms with Crippen molar-refractivity contribution in [3.05, 3.63) is 12.2 Å². The zero-order chi connectivity index (χ0) is 11.1. The van der Waals surface area contributed by atoms with Crippen LogP contribution in [0.25, 0.3) is 0 Å². The Morgan fingerprint density at radius 2 is 1.62 bits per heavy atom. The summed E-state index contributed by atoms with van der Waals surface area (Å²) < 4.78 is 0. The summed E-state index contributed by atoms with van der Waals surface area (Å²) in [6.45, 7) is 9.56. The minimum absolute atomic E-state index is 0.0351. The minimum Gasteiger partial charge on any atom is -0.352 e. The van der Waals surface area contributed by atoms with E-state index in [9.17, 15) is 9.59 Å². The number of amides is 1. The number of Topliss-reactive ketones (excluding diaryl/α,β-unsaturated/α-hetero) is 1. The smallest absolute Gasteiger partial charge is 0.207 e. The van der Waals surface area contributed by atoms with Crippen molar-refractivity contribution in [2.24, 2.45) is 0 Å². The van der Waals surface area contributed by atoms with Gasteiger partial charge < -0.3 is 5.32 Å². The van der Waals surface area contributed by atoms with E-state index in [1.54, 1.807) is 0 Å². The molecule has 0 aromatic rings. The lowest BCUT2D eigenvalue weighted by Gasteiger charge is -1.86. The fourth-order valence-corrected chi connectivity index (χ4v) is 0.185. The molecule has 3 heteroatoms. The molecule has 0 atom stereocenters. The lowest BCUT2D eigenvalue weighted by Crippen LogP contribution is -2.18. The molecule has 0 radical (unpaired) electrons. The van der Waals surface area contributed by atoms with Gasteiger partial charge in [-0.15, -0.1) is 0 Å². The SMILES string of the molecule is C/C=C\C.CC.CC(=O)CNC=O. The third-order valence-electron chi connectivity index (χ3n) is 0.768. The van der Waals surface area contributed by atoms with Crippen molar-refractivity contribution < 1.29 is 9.59 Å². The Hall–Kier alpha value is -1.12. The van der Waals surface area contributed by atoms with Crippen LogP contribution in [0.15, 0.2) is 12.2 Å². The van der Waals surface area contributed by atoms with Crippen molar-refractivity contribution in [2.45, 2.75) is 34.6 Å². The second-order valence-electron chi connectivity index (χ2n) is 1.87. The molecule has 0 aliphatic heterocycles. The fraction of sp³-hybridized carbons (Fsp3) is 0.600. The van der Waals surface area contributed by atoms with Crippen LogP contribution in [0, 0.1) is 0 Å². The summed E-state index contributed by atoms with van der Waals surface area (Å²) in [6.07, 6.45) is 4.50. The first kappa shape index (κ1) is 17.8. The molecule has 78 valence electrons. The summed E-state index contributed by atoms with van der Waals surface area (Å²) in [5, 5.41) is 2.22. The summed E-state index contributed by atoms with van der Waals surface area (Å²) in [7, 11) is 0. The molecule has 0 unspecified atom stereocenters. The average molecular weight is 187 g/mol. The van der Waals surface area contributed by atoms with E-state index in [1.165, 1.54) is 6.92 Å². The maximum Gasteiger partial charge on any atom is 0.207 e. The summed E-state index contributed by atoms with van der Waals surface area (Å²) in [5.74, 6) is -0.0351. The largest absolute Gasteiger partial charge is 0.352 e. The number of nitrogens with one attached hydrogen (secondary N) is 1. The Kier molecular flexibility index (Phi) is 30.8. The summed E-state index contributed by atoms with van der Waals surface area (Å²) in [6, 6.07) is 0. The first-order valence-corrected chi connectivity index (χ1v) is 4.42. The Balaban J connectivity index is -0.000000142. The molecule has 0 aliphatic carbocycles. The van der Waals surface area contributed by atoms with Gasteiger partial charge in [0, 0.05) is 0 Å². The van der Waals surface area contributed by atoms with Gasteiger partial charge in [0.2, 0.25) is 6.41 Å². The number of hydrogen-bond acceptors (Lipinski definition) is 2. The number of rotatable bonds is 3. The van der Waals surface area contributed by atoms with Crippen LogP contribution >= 0.6 is 0 Å². The quantitative estimate of drug-likeness (QED) is 0.542. The summed E-state index contributed by atoms with van der Waals surface area (Å²) in [5.41, 5.74) is 0. The molecule has 1 amide bonds. The van der Waals surface area contributed by atoms with Gasteiger partial charge in [0.25, 0.3) is 0 Å². The van der Waals surface area contributed by atoms with E-state index in [-0.39, 0.29) is 12.3 Å².